The van der Waals surface area contributed by atoms with E-state index in [-0.39, 0.29) is 19.1 Å². The summed E-state index contributed by atoms with van der Waals surface area (Å²) in [5.74, 6) is -0.268. The van der Waals surface area contributed by atoms with Crippen LogP contribution in [0, 0.1) is 0 Å². The van der Waals surface area contributed by atoms with Gasteiger partial charge in [-0.3, -0.25) is 4.79 Å². The van der Waals surface area contributed by atoms with E-state index in [4.69, 9.17) is 16.7 Å². The summed E-state index contributed by atoms with van der Waals surface area (Å²) in [7, 11) is 0. The number of hydrogen-bond donors (Lipinski definition) is 2. The minimum Gasteiger partial charge on any atom is -0.395 e. The molecule has 2 N–H and O–H groups in total. The van der Waals surface area contributed by atoms with Gasteiger partial charge in [0.25, 0.3) is 5.91 Å². The van der Waals surface area contributed by atoms with Crippen LogP contribution in [-0.2, 0) is 6.42 Å². The van der Waals surface area contributed by atoms with Crippen molar-refractivity contribution in [3.05, 3.63) is 45.8 Å². The van der Waals surface area contributed by atoms with Gasteiger partial charge in [0.05, 0.1) is 17.2 Å². The molecule has 1 heterocycles. The lowest BCUT2D eigenvalue weighted by Crippen LogP contribution is -2.26. The van der Waals surface area contributed by atoms with Crippen LogP contribution in [0.15, 0.2) is 30.3 Å². The van der Waals surface area contributed by atoms with Crippen LogP contribution in [0.4, 0.5) is 0 Å². The first-order valence-electron chi connectivity index (χ1n) is 6.43. The largest absolute Gasteiger partial charge is 0.395 e. The molecule has 2 rings (SSSR count). The average molecular weight is 310 g/mol. The average Bonchev–Trinajstić information content (AvgIpc) is 2.93. The summed E-state index contributed by atoms with van der Waals surface area (Å²) >= 11 is 7.91. The van der Waals surface area contributed by atoms with Crippen LogP contribution in [0.25, 0.3) is 10.4 Å². The first kappa shape index (κ1) is 15.0. The summed E-state index contributed by atoms with van der Waals surface area (Å²) in [6.45, 7) is 2.26. The van der Waals surface area contributed by atoms with Gasteiger partial charge in [0.2, 0.25) is 0 Å². The van der Waals surface area contributed by atoms with E-state index < -0.39 is 0 Å². The topological polar surface area (TPSA) is 49.3 Å². The highest BCUT2D eigenvalue weighted by Gasteiger charge is 2.11. The maximum atomic E-state index is 11.8. The molecule has 0 atom stereocenters. The van der Waals surface area contributed by atoms with Gasteiger partial charge in [-0.1, -0.05) is 24.6 Å². The highest BCUT2D eigenvalue weighted by Crippen LogP contribution is 2.31. The Kier molecular flexibility index (Phi) is 5.17. The SMILES string of the molecule is CCc1ccc(-c2ccc(C(=O)NCCO)c(Cl)c2)s1. The Labute approximate surface area is 127 Å². The Hall–Kier alpha value is -1.36. The molecule has 20 heavy (non-hydrogen) atoms. The normalized spacial score (nSPS) is 10.6. The van der Waals surface area contributed by atoms with Crippen molar-refractivity contribution in [2.45, 2.75) is 13.3 Å². The van der Waals surface area contributed by atoms with Crippen molar-refractivity contribution in [1.29, 1.82) is 0 Å². The van der Waals surface area contributed by atoms with E-state index in [1.165, 1.54) is 4.88 Å². The van der Waals surface area contributed by atoms with Gasteiger partial charge < -0.3 is 10.4 Å². The molecule has 0 bridgehead atoms. The van der Waals surface area contributed by atoms with Gasteiger partial charge in [0.15, 0.2) is 0 Å². The van der Waals surface area contributed by atoms with Crippen molar-refractivity contribution in [3.63, 3.8) is 0 Å². The highest BCUT2D eigenvalue weighted by atomic mass is 35.5. The van der Waals surface area contributed by atoms with Gasteiger partial charge in [-0.05, 0) is 36.2 Å². The first-order valence-corrected chi connectivity index (χ1v) is 7.62. The fourth-order valence-electron chi connectivity index (χ4n) is 1.84. The van der Waals surface area contributed by atoms with Crippen molar-refractivity contribution >= 4 is 28.8 Å². The number of carbonyl (C=O) groups is 1. The summed E-state index contributed by atoms with van der Waals surface area (Å²) in [4.78, 5) is 14.3. The lowest BCUT2D eigenvalue weighted by molar-refractivity contribution is 0.0945. The van der Waals surface area contributed by atoms with Crippen molar-refractivity contribution in [1.82, 2.24) is 5.32 Å². The lowest BCUT2D eigenvalue weighted by atomic mass is 10.1. The third kappa shape index (κ3) is 3.39. The Balaban J connectivity index is 2.23. The molecule has 3 nitrogen and oxygen atoms in total. The van der Waals surface area contributed by atoms with Gasteiger partial charge in [-0.25, -0.2) is 0 Å². The molecule has 0 aliphatic rings. The Bertz CT molecular complexity index is 610. The van der Waals surface area contributed by atoms with Crippen molar-refractivity contribution < 1.29 is 9.90 Å². The van der Waals surface area contributed by atoms with Crippen molar-refractivity contribution in [2.24, 2.45) is 0 Å². The summed E-state index contributed by atoms with van der Waals surface area (Å²) in [6.07, 6.45) is 1.01. The monoisotopic (exact) mass is 309 g/mol. The molecule has 1 amide bonds. The van der Waals surface area contributed by atoms with Crippen molar-refractivity contribution in [3.8, 4) is 10.4 Å². The molecule has 106 valence electrons. The lowest BCUT2D eigenvalue weighted by Gasteiger charge is -2.07. The van der Waals surface area contributed by atoms with Crippen LogP contribution in [0.3, 0.4) is 0 Å². The van der Waals surface area contributed by atoms with Crippen LogP contribution in [0.2, 0.25) is 5.02 Å². The van der Waals surface area contributed by atoms with E-state index in [0.29, 0.717) is 10.6 Å². The molecular formula is C15H16ClNO2S. The fraction of sp³-hybridized carbons (Fsp3) is 0.267. The number of nitrogens with one attached hydrogen (secondary N) is 1. The number of carbonyl (C=O) groups excluding carboxylic acids is 1. The van der Waals surface area contributed by atoms with Gasteiger partial charge in [0.1, 0.15) is 0 Å². The van der Waals surface area contributed by atoms with Crippen LogP contribution in [0.5, 0.6) is 0 Å². The second-order valence-electron chi connectivity index (χ2n) is 4.29. The van der Waals surface area contributed by atoms with Gasteiger partial charge in [0, 0.05) is 16.3 Å². The van der Waals surface area contributed by atoms with Gasteiger partial charge >= 0.3 is 0 Å². The zero-order valence-corrected chi connectivity index (χ0v) is 12.7. The standard InChI is InChI=1S/C15H16ClNO2S/c1-2-11-4-6-14(20-11)10-3-5-12(13(16)9-10)15(19)17-7-8-18/h3-6,9,18H,2,7-8H2,1H3,(H,17,19). The zero-order chi connectivity index (χ0) is 14.5. The molecule has 1 aromatic carbocycles. The number of thiophene rings is 1. The van der Waals surface area contributed by atoms with E-state index in [9.17, 15) is 4.79 Å². The molecule has 1 aromatic heterocycles. The van der Waals surface area contributed by atoms with Crippen LogP contribution < -0.4 is 5.32 Å². The van der Waals surface area contributed by atoms with Gasteiger partial charge in [-0.2, -0.15) is 0 Å². The van der Waals surface area contributed by atoms with E-state index in [2.05, 4.69) is 24.4 Å². The predicted molar refractivity (Wildman–Crippen MR) is 83.6 cm³/mol. The molecule has 0 saturated carbocycles. The molecule has 0 spiro atoms. The molecule has 0 unspecified atom stereocenters. The van der Waals surface area contributed by atoms with Crippen molar-refractivity contribution in [2.75, 3.05) is 13.2 Å². The Morgan fingerprint density at radius 1 is 1.35 bits per heavy atom. The molecule has 0 radical (unpaired) electrons. The minimum absolute atomic E-state index is 0.0869. The summed E-state index contributed by atoms with van der Waals surface area (Å²) < 4.78 is 0. The molecular weight excluding hydrogens is 294 g/mol. The summed E-state index contributed by atoms with van der Waals surface area (Å²) in [5.41, 5.74) is 1.44. The Morgan fingerprint density at radius 3 is 2.75 bits per heavy atom. The fourth-order valence-corrected chi connectivity index (χ4v) is 3.05. The summed E-state index contributed by atoms with van der Waals surface area (Å²) in [6, 6.07) is 9.60. The molecule has 0 saturated heterocycles. The maximum Gasteiger partial charge on any atom is 0.252 e. The second-order valence-corrected chi connectivity index (χ2v) is 5.87. The number of aliphatic hydroxyl groups excluding tert-OH is 1. The number of hydrogen-bond acceptors (Lipinski definition) is 3. The third-order valence-corrected chi connectivity index (χ3v) is 4.50. The molecule has 0 aliphatic carbocycles. The predicted octanol–water partition coefficient (Wildman–Crippen LogP) is 3.35. The van der Waals surface area contributed by atoms with E-state index in [1.54, 1.807) is 23.5 Å². The third-order valence-electron chi connectivity index (χ3n) is 2.91. The molecule has 2 aromatic rings. The van der Waals surface area contributed by atoms with E-state index in [0.717, 1.165) is 16.9 Å². The summed E-state index contributed by atoms with van der Waals surface area (Å²) in [5, 5.41) is 11.7. The number of rotatable bonds is 5. The molecule has 5 heteroatoms. The first-order chi connectivity index (χ1) is 9.65. The smallest absolute Gasteiger partial charge is 0.252 e. The van der Waals surface area contributed by atoms with Crippen LogP contribution in [-0.4, -0.2) is 24.2 Å². The number of benzene rings is 1. The number of amides is 1. The Morgan fingerprint density at radius 2 is 2.15 bits per heavy atom. The minimum atomic E-state index is -0.268. The van der Waals surface area contributed by atoms with Crippen LogP contribution >= 0.6 is 22.9 Å². The second kappa shape index (κ2) is 6.88. The maximum absolute atomic E-state index is 11.8. The van der Waals surface area contributed by atoms with Gasteiger partial charge in [-0.15, -0.1) is 11.3 Å². The van der Waals surface area contributed by atoms with E-state index in [1.807, 2.05) is 6.07 Å². The zero-order valence-electron chi connectivity index (χ0n) is 11.1. The quantitative estimate of drug-likeness (QED) is 0.890. The van der Waals surface area contributed by atoms with Crippen LogP contribution in [0.1, 0.15) is 22.2 Å². The number of aliphatic hydroxyl groups is 1. The number of aryl methyl sites for hydroxylation is 1. The molecule has 0 aliphatic heterocycles. The number of halogens is 1. The van der Waals surface area contributed by atoms with E-state index >= 15 is 0 Å². The highest BCUT2D eigenvalue weighted by molar-refractivity contribution is 7.15. The molecule has 0 fully saturated rings.